The van der Waals surface area contributed by atoms with E-state index in [1.165, 1.54) is 12.3 Å². The lowest BCUT2D eigenvalue weighted by Crippen LogP contribution is -2.28. The van der Waals surface area contributed by atoms with Crippen molar-refractivity contribution in [1.82, 2.24) is 10.3 Å². The van der Waals surface area contributed by atoms with Crippen LogP contribution in [0, 0.1) is 5.92 Å². The van der Waals surface area contributed by atoms with Crippen molar-refractivity contribution in [2.75, 3.05) is 24.7 Å². The molecule has 1 amide bonds. The summed E-state index contributed by atoms with van der Waals surface area (Å²) in [4.78, 5) is 15.7. The number of anilines is 1. The van der Waals surface area contributed by atoms with Gasteiger partial charge in [0.1, 0.15) is 0 Å². The summed E-state index contributed by atoms with van der Waals surface area (Å²) in [5, 5.41) is 6.06. The minimum atomic E-state index is -3.30. The van der Waals surface area contributed by atoms with Crippen molar-refractivity contribution in [2.24, 2.45) is 5.92 Å². The number of hydrogen-bond donors (Lipinski definition) is 2. The summed E-state index contributed by atoms with van der Waals surface area (Å²) < 4.78 is 22.6. The first-order chi connectivity index (χ1) is 9.95. The third kappa shape index (κ3) is 7.48. The van der Waals surface area contributed by atoms with Gasteiger partial charge in [0.25, 0.3) is 0 Å². The van der Waals surface area contributed by atoms with Crippen LogP contribution in [0.15, 0.2) is 23.4 Å². The maximum atomic E-state index is 11.9. The van der Waals surface area contributed by atoms with Gasteiger partial charge in [-0.1, -0.05) is 0 Å². The molecule has 1 aromatic heterocycles. The lowest BCUT2D eigenvalue weighted by Gasteiger charge is -2.22. The van der Waals surface area contributed by atoms with Gasteiger partial charge in [0.15, 0.2) is 14.9 Å². The maximum Gasteiger partial charge on any atom is 0.224 e. The Kier molecular flexibility index (Phi) is 9.68. The van der Waals surface area contributed by atoms with Crippen molar-refractivity contribution in [3.05, 3.63) is 18.3 Å². The molecule has 1 saturated heterocycles. The summed E-state index contributed by atoms with van der Waals surface area (Å²) in [5.41, 5.74) is 0.526. The van der Waals surface area contributed by atoms with E-state index in [1.54, 1.807) is 6.07 Å². The molecule has 0 aliphatic carbocycles. The monoisotopic (exact) mass is 383 g/mol. The normalized spacial score (nSPS) is 15.2. The van der Waals surface area contributed by atoms with Gasteiger partial charge in [0.2, 0.25) is 5.91 Å². The van der Waals surface area contributed by atoms with E-state index in [1.807, 2.05) is 0 Å². The average Bonchev–Trinajstić information content (AvgIpc) is 2.46. The van der Waals surface area contributed by atoms with Crippen LogP contribution in [0.3, 0.4) is 0 Å². The Morgan fingerprint density at radius 1 is 1.30 bits per heavy atom. The molecule has 1 fully saturated rings. The number of piperidine rings is 1. The van der Waals surface area contributed by atoms with Gasteiger partial charge in [-0.25, -0.2) is 13.4 Å². The van der Waals surface area contributed by atoms with Crippen molar-refractivity contribution in [1.29, 1.82) is 0 Å². The number of hydrogen-bond acceptors (Lipinski definition) is 5. The summed E-state index contributed by atoms with van der Waals surface area (Å²) in [6.45, 7) is 2.06. The van der Waals surface area contributed by atoms with Crippen molar-refractivity contribution < 1.29 is 13.2 Å². The second kappa shape index (κ2) is 10.1. The standard InChI is InChI=1S/C14H21N3O3S.2ClH/c1-21(19,20)14-5-3-12(10-16-14)17-13(18)4-2-11-6-8-15-9-7-11;;/h3,5,10-11,15H,2,4,6-9H2,1H3,(H,17,18);2*1H. The predicted molar refractivity (Wildman–Crippen MR) is 95.3 cm³/mol. The lowest BCUT2D eigenvalue weighted by molar-refractivity contribution is -0.116. The van der Waals surface area contributed by atoms with E-state index in [0.29, 0.717) is 18.0 Å². The van der Waals surface area contributed by atoms with Gasteiger partial charge in [-0.3, -0.25) is 4.79 Å². The molecule has 1 aliphatic heterocycles. The van der Waals surface area contributed by atoms with Crippen LogP contribution in [0.1, 0.15) is 25.7 Å². The molecule has 0 unspecified atom stereocenters. The van der Waals surface area contributed by atoms with E-state index in [9.17, 15) is 13.2 Å². The van der Waals surface area contributed by atoms with Crippen LogP contribution in [0.4, 0.5) is 5.69 Å². The molecule has 1 aliphatic rings. The summed E-state index contributed by atoms with van der Waals surface area (Å²) in [7, 11) is -3.30. The molecule has 2 rings (SSSR count). The van der Waals surface area contributed by atoms with Crippen molar-refractivity contribution in [2.45, 2.75) is 30.7 Å². The minimum Gasteiger partial charge on any atom is -0.325 e. The predicted octanol–water partition coefficient (Wildman–Crippen LogP) is 2.05. The third-order valence-electron chi connectivity index (χ3n) is 3.64. The molecular formula is C14H23Cl2N3O3S. The zero-order valence-corrected chi connectivity index (χ0v) is 15.4. The fourth-order valence-electron chi connectivity index (χ4n) is 2.40. The van der Waals surface area contributed by atoms with Gasteiger partial charge in [-0.05, 0) is 50.4 Å². The summed E-state index contributed by atoms with van der Waals surface area (Å²) >= 11 is 0. The highest BCUT2D eigenvalue weighted by molar-refractivity contribution is 7.90. The number of halogens is 2. The van der Waals surface area contributed by atoms with Crippen LogP contribution in [0.2, 0.25) is 0 Å². The molecule has 1 aromatic rings. The highest BCUT2D eigenvalue weighted by Crippen LogP contribution is 2.18. The fraction of sp³-hybridized carbons (Fsp3) is 0.571. The first-order valence-corrected chi connectivity index (χ1v) is 9.01. The Labute approximate surface area is 149 Å². The summed E-state index contributed by atoms with van der Waals surface area (Å²) in [5.74, 6) is 0.560. The third-order valence-corrected chi connectivity index (χ3v) is 4.64. The average molecular weight is 384 g/mol. The Hall–Kier alpha value is -0.890. The Bertz CT molecular complexity index is 588. The molecule has 0 saturated carbocycles. The summed E-state index contributed by atoms with van der Waals surface area (Å²) in [6.07, 6.45) is 6.10. The van der Waals surface area contributed by atoms with Gasteiger partial charge >= 0.3 is 0 Å². The highest BCUT2D eigenvalue weighted by atomic mass is 35.5. The number of carbonyl (C=O) groups is 1. The smallest absolute Gasteiger partial charge is 0.224 e. The first-order valence-electron chi connectivity index (χ1n) is 7.12. The van der Waals surface area contributed by atoms with Gasteiger partial charge in [-0.15, -0.1) is 24.8 Å². The Morgan fingerprint density at radius 2 is 1.96 bits per heavy atom. The molecule has 0 bridgehead atoms. The number of nitrogens with zero attached hydrogens (tertiary/aromatic N) is 1. The van der Waals surface area contributed by atoms with Crippen LogP contribution in [-0.2, 0) is 14.6 Å². The fourth-order valence-corrected chi connectivity index (χ4v) is 2.96. The van der Waals surface area contributed by atoms with Crippen molar-refractivity contribution >= 4 is 46.2 Å². The van der Waals surface area contributed by atoms with Crippen molar-refractivity contribution in [3.8, 4) is 0 Å². The van der Waals surface area contributed by atoms with E-state index >= 15 is 0 Å². The van der Waals surface area contributed by atoms with E-state index in [4.69, 9.17) is 0 Å². The molecule has 2 N–H and O–H groups in total. The maximum absolute atomic E-state index is 11.9. The van der Waals surface area contributed by atoms with E-state index in [2.05, 4.69) is 15.6 Å². The topological polar surface area (TPSA) is 88.2 Å². The molecular weight excluding hydrogens is 361 g/mol. The lowest BCUT2D eigenvalue weighted by atomic mass is 9.93. The van der Waals surface area contributed by atoms with Gasteiger partial charge in [-0.2, -0.15) is 0 Å². The number of sulfone groups is 1. The van der Waals surface area contributed by atoms with Crippen LogP contribution < -0.4 is 10.6 Å². The second-order valence-electron chi connectivity index (χ2n) is 5.44. The van der Waals surface area contributed by atoms with Gasteiger partial charge < -0.3 is 10.6 Å². The quantitative estimate of drug-likeness (QED) is 0.811. The zero-order chi connectivity index (χ0) is 15.3. The van der Waals surface area contributed by atoms with Gasteiger partial charge in [0.05, 0.1) is 11.9 Å². The molecule has 2 heterocycles. The van der Waals surface area contributed by atoms with E-state index in [-0.39, 0.29) is 35.7 Å². The molecule has 0 atom stereocenters. The van der Waals surface area contributed by atoms with Crippen LogP contribution in [0.5, 0.6) is 0 Å². The van der Waals surface area contributed by atoms with E-state index in [0.717, 1.165) is 38.6 Å². The minimum absolute atomic E-state index is 0. The molecule has 0 aromatic carbocycles. The van der Waals surface area contributed by atoms with Crippen LogP contribution in [-0.4, -0.2) is 38.7 Å². The van der Waals surface area contributed by atoms with Crippen LogP contribution in [0.25, 0.3) is 0 Å². The van der Waals surface area contributed by atoms with Crippen LogP contribution >= 0.6 is 24.8 Å². The molecule has 6 nitrogen and oxygen atoms in total. The molecule has 0 radical (unpaired) electrons. The first kappa shape index (κ1) is 22.1. The molecule has 132 valence electrons. The Morgan fingerprint density at radius 3 is 2.48 bits per heavy atom. The number of nitrogens with one attached hydrogen (secondary N) is 2. The zero-order valence-electron chi connectivity index (χ0n) is 12.9. The summed E-state index contributed by atoms with van der Waals surface area (Å²) in [6, 6.07) is 2.96. The molecule has 23 heavy (non-hydrogen) atoms. The van der Waals surface area contributed by atoms with E-state index < -0.39 is 9.84 Å². The van der Waals surface area contributed by atoms with Crippen molar-refractivity contribution in [3.63, 3.8) is 0 Å². The number of amides is 1. The Balaban J connectivity index is 0.00000242. The highest BCUT2D eigenvalue weighted by Gasteiger charge is 2.15. The largest absolute Gasteiger partial charge is 0.325 e. The van der Waals surface area contributed by atoms with Gasteiger partial charge in [0, 0.05) is 12.7 Å². The second-order valence-corrected chi connectivity index (χ2v) is 7.40. The number of rotatable bonds is 5. The molecule has 0 spiro atoms. The molecule has 9 heteroatoms. The number of aromatic nitrogens is 1. The number of pyridine rings is 1. The SMILES string of the molecule is CS(=O)(=O)c1ccc(NC(=O)CCC2CCNCC2)cn1.Cl.Cl. The number of carbonyl (C=O) groups excluding carboxylic acids is 1.